The van der Waals surface area contributed by atoms with Crippen molar-refractivity contribution in [3.05, 3.63) is 16.0 Å². The van der Waals surface area contributed by atoms with E-state index in [0.717, 1.165) is 34.5 Å². The van der Waals surface area contributed by atoms with E-state index in [0.29, 0.717) is 0 Å². The Morgan fingerprint density at radius 1 is 1.53 bits per heavy atom. The first-order chi connectivity index (χ1) is 7.29. The van der Waals surface area contributed by atoms with Crippen LogP contribution in [0.15, 0.2) is 12.4 Å². The van der Waals surface area contributed by atoms with E-state index in [4.69, 9.17) is 4.74 Å². The van der Waals surface area contributed by atoms with Crippen molar-refractivity contribution >= 4 is 44.5 Å². The molecule has 2 rings (SSSR count). The molecule has 1 saturated heterocycles. The molecule has 0 spiro atoms. The molecule has 0 amide bonds. The summed E-state index contributed by atoms with van der Waals surface area (Å²) in [5.74, 6) is 0.796. The lowest BCUT2D eigenvalue weighted by Crippen LogP contribution is -2.44. The molecule has 1 fully saturated rings. The molecule has 0 saturated carbocycles. The number of hydrogen-bond acceptors (Lipinski definition) is 4. The van der Waals surface area contributed by atoms with Crippen LogP contribution in [0.3, 0.4) is 0 Å². The standard InChI is InChI=1S/C9H11BrIN3O/c10-3-8-6-14(1-2-15-8)9-12-4-7(11)5-13-9/h4-5,8H,1-3,6H2. The van der Waals surface area contributed by atoms with Crippen molar-refractivity contribution in [2.75, 3.05) is 29.9 Å². The summed E-state index contributed by atoms with van der Waals surface area (Å²) >= 11 is 5.63. The van der Waals surface area contributed by atoms with Gasteiger partial charge in [0.25, 0.3) is 0 Å². The number of rotatable bonds is 2. The molecule has 1 atom stereocenters. The predicted molar refractivity (Wildman–Crippen MR) is 70.5 cm³/mol. The summed E-state index contributed by atoms with van der Waals surface area (Å²) in [7, 11) is 0. The maximum Gasteiger partial charge on any atom is 0.225 e. The van der Waals surface area contributed by atoms with Gasteiger partial charge in [-0.05, 0) is 22.6 Å². The molecule has 0 radical (unpaired) electrons. The minimum absolute atomic E-state index is 0.238. The highest BCUT2D eigenvalue weighted by Gasteiger charge is 2.21. The molecule has 1 aliphatic rings. The molecule has 4 nitrogen and oxygen atoms in total. The van der Waals surface area contributed by atoms with Crippen LogP contribution in [-0.2, 0) is 4.74 Å². The Hall–Kier alpha value is 0.0500. The van der Waals surface area contributed by atoms with Gasteiger partial charge >= 0.3 is 0 Å². The SMILES string of the molecule is BrCC1CN(c2ncc(I)cn2)CCO1. The summed E-state index contributed by atoms with van der Waals surface area (Å²) < 4.78 is 6.61. The number of anilines is 1. The van der Waals surface area contributed by atoms with Crippen molar-refractivity contribution in [1.29, 1.82) is 0 Å². The fourth-order valence-corrected chi connectivity index (χ4v) is 2.13. The summed E-state index contributed by atoms with van der Waals surface area (Å²) in [6.45, 7) is 2.46. The number of alkyl halides is 1. The van der Waals surface area contributed by atoms with Gasteiger partial charge in [0.1, 0.15) is 0 Å². The molecular weight excluding hydrogens is 373 g/mol. The zero-order valence-corrected chi connectivity index (χ0v) is 11.8. The van der Waals surface area contributed by atoms with Crippen LogP contribution >= 0.6 is 38.5 Å². The smallest absolute Gasteiger partial charge is 0.225 e. The Kier molecular flexibility index (Phi) is 4.15. The number of nitrogens with zero attached hydrogens (tertiary/aromatic N) is 3. The monoisotopic (exact) mass is 383 g/mol. The Morgan fingerprint density at radius 3 is 2.93 bits per heavy atom. The maximum absolute atomic E-state index is 5.56. The molecule has 6 heteroatoms. The van der Waals surface area contributed by atoms with Gasteiger partial charge in [-0.15, -0.1) is 0 Å². The summed E-state index contributed by atoms with van der Waals surface area (Å²) in [6, 6.07) is 0. The Labute approximate surface area is 111 Å². The van der Waals surface area contributed by atoms with Gasteiger partial charge in [0.15, 0.2) is 0 Å². The fourth-order valence-electron chi connectivity index (χ4n) is 1.46. The summed E-state index contributed by atoms with van der Waals surface area (Å²) in [6.07, 6.45) is 3.91. The lowest BCUT2D eigenvalue weighted by Gasteiger charge is -2.31. The van der Waals surface area contributed by atoms with E-state index in [1.165, 1.54) is 0 Å². The average Bonchev–Trinajstić information content (AvgIpc) is 2.30. The van der Waals surface area contributed by atoms with E-state index in [1.807, 2.05) is 12.4 Å². The zero-order chi connectivity index (χ0) is 10.7. The third-order valence-electron chi connectivity index (χ3n) is 2.20. The van der Waals surface area contributed by atoms with Gasteiger partial charge in [0.2, 0.25) is 5.95 Å². The molecule has 2 heterocycles. The molecule has 1 unspecified atom stereocenters. The van der Waals surface area contributed by atoms with Gasteiger partial charge < -0.3 is 9.64 Å². The number of ether oxygens (including phenoxy) is 1. The van der Waals surface area contributed by atoms with E-state index < -0.39 is 0 Å². The van der Waals surface area contributed by atoms with Crippen LogP contribution in [0.1, 0.15) is 0 Å². The highest BCUT2D eigenvalue weighted by atomic mass is 127. The number of hydrogen-bond donors (Lipinski definition) is 0. The van der Waals surface area contributed by atoms with Crippen molar-refractivity contribution in [1.82, 2.24) is 9.97 Å². The summed E-state index contributed by atoms with van der Waals surface area (Å²) in [5, 5.41) is 0.855. The van der Waals surface area contributed by atoms with Crippen LogP contribution in [0.2, 0.25) is 0 Å². The third-order valence-corrected chi connectivity index (χ3v) is 3.48. The lowest BCUT2D eigenvalue weighted by molar-refractivity contribution is 0.0565. The van der Waals surface area contributed by atoms with E-state index >= 15 is 0 Å². The molecule has 0 aliphatic carbocycles. The second-order valence-electron chi connectivity index (χ2n) is 3.29. The van der Waals surface area contributed by atoms with Crippen molar-refractivity contribution in [2.24, 2.45) is 0 Å². The number of aromatic nitrogens is 2. The molecule has 0 aromatic carbocycles. The van der Waals surface area contributed by atoms with E-state index in [-0.39, 0.29) is 6.10 Å². The topological polar surface area (TPSA) is 38.2 Å². The molecule has 15 heavy (non-hydrogen) atoms. The van der Waals surface area contributed by atoms with Crippen molar-refractivity contribution in [3.63, 3.8) is 0 Å². The minimum Gasteiger partial charge on any atom is -0.374 e. The minimum atomic E-state index is 0.238. The van der Waals surface area contributed by atoms with Crippen LogP contribution in [-0.4, -0.2) is 41.1 Å². The van der Waals surface area contributed by atoms with Gasteiger partial charge in [-0.1, -0.05) is 15.9 Å². The average molecular weight is 384 g/mol. The van der Waals surface area contributed by atoms with E-state index in [1.54, 1.807) is 0 Å². The molecule has 1 aliphatic heterocycles. The quantitative estimate of drug-likeness (QED) is 0.575. The Bertz CT molecular complexity index is 322. The van der Waals surface area contributed by atoms with Crippen molar-refractivity contribution in [2.45, 2.75) is 6.10 Å². The Balaban J connectivity index is 2.06. The predicted octanol–water partition coefficient (Wildman–Crippen LogP) is 1.68. The highest BCUT2D eigenvalue weighted by Crippen LogP contribution is 2.14. The van der Waals surface area contributed by atoms with Crippen LogP contribution in [0, 0.1) is 3.57 Å². The number of halogens is 2. The molecule has 1 aromatic rings. The van der Waals surface area contributed by atoms with Crippen LogP contribution < -0.4 is 4.90 Å². The molecular formula is C9H11BrIN3O. The van der Waals surface area contributed by atoms with Crippen LogP contribution in [0.25, 0.3) is 0 Å². The van der Waals surface area contributed by atoms with E-state index in [2.05, 4.69) is 53.4 Å². The van der Waals surface area contributed by atoms with Gasteiger partial charge in [-0.2, -0.15) is 0 Å². The first-order valence-corrected chi connectivity index (χ1v) is 6.89. The molecule has 82 valence electrons. The zero-order valence-electron chi connectivity index (χ0n) is 8.07. The van der Waals surface area contributed by atoms with Gasteiger partial charge in [0, 0.05) is 34.4 Å². The van der Waals surface area contributed by atoms with Crippen molar-refractivity contribution in [3.8, 4) is 0 Å². The second-order valence-corrected chi connectivity index (χ2v) is 5.19. The number of morpholine rings is 1. The maximum atomic E-state index is 5.56. The lowest BCUT2D eigenvalue weighted by atomic mass is 10.3. The summed E-state index contributed by atoms with van der Waals surface area (Å²) in [5.41, 5.74) is 0. The molecule has 0 bridgehead atoms. The normalized spacial score (nSPS) is 21.7. The fraction of sp³-hybridized carbons (Fsp3) is 0.556. The van der Waals surface area contributed by atoms with Gasteiger partial charge in [0.05, 0.1) is 12.7 Å². The van der Waals surface area contributed by atoms with Crippen molar-refractivity contribution < 1.29 is 4.74 Å². The highest BCUT2D eigenvalue weighted by molar-refractivity contribution is 14.1. The van der Waals surface area contributed by atoms with Gasteiger partial charge in [-0.25, -0.2) is 9.97 Å². The van der Waals surface area contributed by atoms with E-state index in [9.17, 15) is 0 Å². The first kappa shape index (κ1) is 11.5. The van der Waals surface area contributed by atoms with Gasteiger partial charge in [-0.3, -0.25) is 0 Å². The van der Waals surface area contributed by atoms with Crippen LogP contribution in [0.4, 0.5) is 5.95 Å². The molecule has 0 N–H and O–H groups in total. The largest absolute Gasteiger partial charge is 0.374 e. The first-order valence-electron chi connectivity index (χ1n) is 4.69. The third kappa shape index (κ3) is 3.01. The molecule has 1 aromatic heterocycles. The Morgan fingerprint density at radius 2 is 2.27 bits per heavy atom. The second kappa shape index (κ2) is 5.40. The summed E-state index contributed by atoms with van der Waals surface area (Å²) in [4.78, 5) is 10.8. The van der Waals surface area contributed by atoms with Crippen LogP contribution in [0.5, 0.6) is 0 Å².